The molecule has 1 aromatic carbocycles. The first kappa shape index (κ1) is 12.6. The number of rotatable bonds is 6. The topological polar surface area (TPSA) is 48.1 Å². The zero-order valence-corrected chi connectivity index (χ0v) is 10.4. The molecule has 0 aliphatic carbocycles. The highest BCUT2D eigenvalue weighted by molar-refractivity contribution is 5.28. The van der Waals surface area contributed by atoms with Crippen molar-refractivity contribution < 1.29 is 4.74 Å². The SMILES string of the molecule is NCCc1cccc(OCCc2cccnc2)c1. The number of hydrogen-bond donors (Lipinski definition) is 1. The summed E-state index contributed by atoms with van der Waals surface area (Å²) in [5, 5.41) is 0. The highest BCUT2D eigenvalue weighted by Gasteiger charge is 1.97. The summed E-state index contributed by atoms with van der Waals surface area (Å²) in [6.45, 7) is 1.33. The molecular weight excluding hydrogens is 224 g/mol. The molecule has 94 valence electrons. The molecule has 0 spiro atoms. The Morgan fingerprint density at radius 1 is 1.06 bits per heavy atom. The fraction of sp³-hybridized carbons (Fsp3) is 0.267. The summed E-state index contributed by atoms with van der Waals surface area (Å²) in [5.41, 5.74) is 7.95. The molecule has 2 rings (SSSR count). The van der Waals surface area contributed by atoms with Gasteiger partial charge in [0.05, 0.1) is 6.61 Å². The summed E-state index contributed by atoms with van der Waals surface area (Å²) in [6.07, 6.45) is 5.41. The van der Waals surface area contributed by atoms with E-state index in [1.54, 1.807) is 6.20 Å². The number of nitrogens with zero attached hydrogens (tertiary/aromatic N) is 1. The number of pyridine rings is 1. The second-order valence-electron chi connectivity index (χ2n) is 4.15. The van der Waals surface area contributed by atoms with Crippen LogP contribution in [0.2, 0.25) is 0 Å². The zero-order chi connectivity index (χ0) is 12.6. The molecule has 0 atom stereocenters. The minimum atomic E-state index is 0.664. The highest BCUT2D eigenvalue weighted by atomic mass is 16.5. The van der Waals surface area contributed by atoms with E-state index < -0.39 is 0 Å². The van der Waals surface area contributed by atoms with Crippen LogP contribution in [0.3, 0.4) is 0 Å². The van der Waals surface area contributed by atoms with Gasteiger partial charge in [0.15, 0.2) is 0 Å². The Morgan fingerprint density at radius 3 is 2.72 bits per heavy atom. The Hall–Kier alpha value is -1.87. The Labute approximate surface area is 108 Å². The number of hydrogen-bond acceptors (Lipinski definition) is 3. The van der Waals surface area contributed by atoms with Crippen molar-refractivity contribution in [2.75, 3.05) is 13.2 Å². The summed E-state index contributed by atoms with van der Waals surface area (Å²) in [4.78, 5) is 4.08. The van der Waals surface area contributed by atoms with Gasteiger partial charge in [0.1, 0.15) is 5.75 Å². The molecule has 0 saturated carbocycles. The van der Waals surface area contributed by atoms with Crippen LogP contribution >= 0.6 is 0 Å². The van der Waals surface area contributed by atoms with Gasteiger partial charge in [0.2, 0.25) is 0 Å². The monoisotopic (exact) mass is 242 g/mol. The predicted octanol–water partition coefficient (Wildman–Crippen LogP) is 2.20. The van der Waals surface area contributed by atoms with E-state index in [4.69, 9.17) is 10.5 Å². The van der Waals surface area contributed by atoms with E-state index in [1.165, 1.54) is 11.1 Å². The molecule has 1 aromatic heterocycles. The Morgan fingerprint density at radius 2 is 1.94 bits per heavy atom. The first-order chi connectivity index (χ1) is 8.88. The molecule has 3 nitrogen and oxygen atoms in total. The predicted molar refractivity (Wildman–Crippen MR) is 72.6 cm³/mol. The molecular formula is C15H18N2O. The minimum Gasteiger partial charge on any atom is -0.493 e. The zero-order valence-electron chi connectivity index (χ0n) is 10.4. The average molecular weight is 242 g/mol. The first-order valence-electron chi connectivity index (χ1n) is 6.19. The van der Waals surface area contributed by atoms with Gasteiger partial charge in [-0.2, -0.15) is 0 Å². The maximum absolute atomic E-state index is 5.73. The Balaban J connectivity index is 1.84. The molecule has 1 heterocycles. The fourth-order valence-corrected chi connectivity index (χ4v) is 1.79. The van der Waals surface area contributed by atoms with Gasteiger partial charge in [0, 0.05) is 18.8 Å². The van der Waals surface area contributed by atoms with Gasteiger partial charge < -0.3 is 10.5 Å². The van der Waals surface area contributed by atoms with E-state index in [0.717, 1.165) is 18.6 Å². The standard InChI is InChI=1S/C15H18N2O/c16-8-6-13-3-1-5-15(11-13)18-10-7-14-4-2-9-17-12-14/h1-5,9,11-12H,6-8,10,16H2. The van der Waals surface area contributed by atoms with Gasteiger partial charge in [-0.05, 0) is 42.3 Å². The Kier molecular flexibility index (Phi) is 4.73. The maximum atomic E-state index is 5.73. The highest BCUT2D eigenvalue weighted by Crippen LogP contribution is 2.14. The molecule has 0 radical (unpaired) electrons. The van der Waals surface area contributed by atoms with Crippen LogP contribution in [0.4, 0.5) is 0 Å². The van der Waals surface area contributed by atoms with Crippen molar-refractivity contribution in [2.45, 2.75) is 12.8 Å². The maximum Gasteiger partial charge on any atom is 0.119 e. The smallest absolute Gasteiger partial charge is 0.119 e. The average Bonchev–Trinajstić information content (AvgIpc) is 2.41. The van der Waals surface area contributed by atoms with E-state index >= 15 is 0 Å². The second-order valence-corrected chi connectivity index (χ2v) is 4.15. The van der Waals surface area contributed by atoms with E-state index in [0.29, 0.717) is 13.2 Å². The van der Waals surface area contributed by atoms with Gasteiger partial charge in [-0.25, -0.2) is 0 Å². The van der Waals surface area contributed by atoms with Crippen molar-refractivity contribution in [2.24, 2.45) is 5.73 Å². The molecule has 18 heavy (non-hydrogen) atoms. The minimum absolute atomic E-state index is 0.664. The van der Waals surface area contributed by atoms with Crippen molar-refractivity contribution in [3.63, 3.8) is 0 Å². The summed E-state index contributed by atoms with van der Waals surface area (Å²) < 4.78 is 5.73. The largest absolute Gasteiger partial charge is 0.493 e. The third-order valence-corrected chi connectivity index (χ3v) is 2.71. The van der Waals surface area contributed by atoms with Crippen molar-refractivity contribution in [3.05, 3.63) is 59.9 Å². The van der Waals surface area contributed by atoms with Crippen LogP contribution in [-0.4, -0.2) is 18.1 Å². The lowest BCUT2D eigenvalue weighted by Gasteiger charge is -2.07. The molecule has 0 saturated heterocycles. The molecule has 0 aliphatic rings. The third-order valence-electron chi connectivity index (χ3n) is 2.71. The molecule has 2 N–H and O–H groups in total. The summed E-state index contributed by atoms with van der Waals surface area (Å²) in [5.74, 6) is 0.907. The quantitative estimate of drug-likeness (QED) is 0.844. The molecule has 0 bridgehead atoms. The van der Waals surface area contributed by atoms with E-state index in [2.05, 4.69) is 23.2 Å². The third kappa shape index (κ3) is 3.86. The van der Waals surface area contributed by atoms with Gasteiger partial charge in [-0.1, -0.05) is 18.2 Å². The van der Waals surface area contributed by atoms with Gasteiger partial charge >= 0.3 is 0 Å². The number of ether oxygens (including phenoxy) is 1. The van der Waals surface area contributed by atoms with Gasteiger partial charge in [-0.3, -0.25) is 4.98 Å². The Bertz CT molecular complexity index is 471. The van der Waals surface area contributed by atoms with Crippen molar-refractivity contribution in [1.82, 2.24) is 4.98 Å². The number of aromatic nitrogens is 1. The van der Waals surface area contributed by atoms with E-state index in [-0.39, 0.29) is 0 Å². The summed E-state index contributed by atoms with van der Waals surface area (Å²) in [7, 11) is 0. The molecule has 0 unspecified atom stereocenters. The van der Waals surface area contributed by atoms with Crippen LogP contribution in [0.25, 0.3) is 0 Å². The van der Waals surface area contributed by atoms with Gasteiger partial charge in [0.25, 0.3) is 0 Å². The van der Waals surface area contributed by atoms with Crippen molar-refractivity contribution in [1.29, 1.82) is 0 Å². The molecule has 0 aliphatic heterocycles. The molecule has 0 fully saturated rings. The summed E-state index contributed by atoms with van der Waals surface area (Å²) >= 11 is 0. The van der Waals surface area contributed by atoms with Crippen LogP contribution in [0.1, 0.15) is 11.1 Å². The van der Waals surface area contributed by atoms with Crippen LogP contribution in [0, 0.1) is 0 Å². The lowest BCUT2D eigenvalue weighted by molar-refractivity contribution is 0.321. The second kappa shape index (κ2) is 6.77. The first-order valence-corrected chi connectivity index (χ1v) is 6.19. The van der Waals surface area contributed by atoms with Crippen LogP contribution < -0.4 is 10.5 Å². The summed E-state index contributed by atoms with van der Waals surface area (Å²) in [6, 6.07) is 12.1. The van der Waals surface area contributed by atoms with Crippen molar-refractivity contribution >= 4 is 0 Å². The van der Waals surface area contributed by atoms with E-state index in [1.807, 2.05) is 24.4 Å². The molecule has 0 amide bonds. The van der Waals surface area contributed by atoms with Crippen LogP contribution in [-0.2, 0) is 12.8 Å². The number of benzene rings is 1. The lowest BCUT2D eigenvalue weighted by Crippen LogP contribution is -2.04. The lowest BCUT2D eigenvalue weighted by atomic mass is 10.1. The van der Waals surface area contributed by atoms with Crippen molar-refractivity contribution in [3.8, 4) is 5.75 Å². The fourth-order valence-electron chi connectivity index (χ4n) is 1.79. The van der Waals surface area contributed by atoms with Gasteiger partial charge in [-0.15, -0.1) is 0 Å². The molecule has 3 heteroatoms. The van der Waals surface area contributed by atoms with E-state index in [9.17, 15) is 0 Å². The number of nitrogens with two attached hydrogens (primary N) is 1. The van der Waals surface area contributed by atoms with Crippen LogP contribution in [0.5, 0.6) is 5.75 Å². The van der Waals surface area contributed by atoms with Crippen LogP contribution in [0.15, 0.2) is 48.8 Å². The molecule has 2 aromatic rings. The normalized spacial score (nSPS) is 10.3.